The minimum Gasteiger partial charge on any atom is -0.478 e. The molecule has 0 saturated heterocycles. The van der Waals surface area contributed by atoms with Crippen LogP contribution in [0.2, 0.25) is 0 Å². The SMILES string of the molecule is Cc1ccc(Nc2ccccc2C)c(C(=O)O)c1. The number of para-hydroxylation sites is 1. The number of carboxylic acid groups (broad SMARTS) is 1. The third-order valence-electron chi connectivity index (χ3n) is 2.82. The molecule has 0 aliphatic heterocycles. The summed E-state index contributed by atoms with van der Waals surface area (Å²) in [6, 6.07) is 13.1. The van der Waals surface area contributed by atoms with E-state index < -0.39 is 5.97 Å². The summed E-state index contributed by atoms with van der Waals surface area (Å²) in [6.45, 7) is 3.86. The number of carboxylic acids is 1. The van der Waals surface area contributed by atoms with Gasteiger partial charge in [-0.1, -0.05) is 29.8 Å². The Hall–Kier alpha value is -2.29. The van der Waals surface area contributed by atoms with Gasteiger partial charge in [-0.3, -0.25) is 0 Å². The van der Waals surface area contributed by atoms with Gasteiger partial charge in [0.15, 0.2) is 0 Å². The van der Waals surface area contributed by atoms with E-state index >= 15 is 0 Å². The highest BCUT2D eigenvalue weighted by Crippen LogP contribution is 2.24. The zero-order chi connectivity index (χ0) is 13.1. The fourth-order valence-electron chi connectivity index (χ4n) is 1.80. The second-order valence-electron chi connectivity index (χ2n) is 4.29. The Morgan fingerprint density at radius 3 is 2.44 bits per heavy atom. The lowest BCUT2D eigenvalue weighted by Gasteiger charge is -2.12. The molecule has 3 nitrogen and oxygen atoms in total. The minimum atomic E-state index is -0.921. The predicted octanol–water partition coefficient (Wildman–Crippen LogP) is 3.75. The molecule has 0 spiro atoms. The third kappa shape index (κ3) is 2.51. The zero-order valence-corrected chi connectivity index (χ0v) is 10.4. The quantitative estimate of drug-likeness (QED) is 0.860. The summed E-state index contributed by atoms with van der Waals surface area (Å²) in [5.41, 5.74) is 3.83. The maximum atomic E-state index is 11.2. The molecule has 0 fully saturated rings. The molecule has 2 rings (SSSR count). The van der Waals surface area contributed by atoms with E-state index in [2.05, 4.69) is 5.32 Å². The number of nitrogens with one attached hydrogen (secondary N) is 1. The molecule has 0 radical (unpaired) electrons. The molecule has 3 heteroatoms. The van der Waals surface area contributed by atoms with E-state index in [1.54, 1.807) is 12.1 Å². The van der Waals surface area contributed by atoms with Gasteiger partial charge in [-0.15, -0.1) is 0 Å². The van der Waals surface area contributed by atoms with Crippen molar-refractivity contribution < 1.29 is 9.90 Å². The summed E-state index contributed by atoms with van der Waals surface area (Å²) in [6.07, 6.45) is 0. The number of carbonyl (C=O) groups is 1. The summed E-state index contributed by atoms with van der Waals surface area (Å²) >= 11 is 0. The first-order chi connectivity index (χ1) is 8.58. The van der Waals surface area contributed by atoms with Crippen molar-refractivity contribution in [3.05, 3.63) is 59.2 Å². The minimum absolute atomic E-state index is 0.290. The molecule has 18 heavy (non-hydrogen) atoms. The van der Waals surface area contributed by atoms with Crippen molar-refractivity contribution in [1.29, 1.82) is 0 Å². The van der Waals surface area contributed by atoms with Gasteiger partial charge in [0, 0.05) is 5.69 Å². The number of anilines is 2. The fraction of sp³-hybridized carbons (Fsp3) is 0.133. The van der Waals surface area contributed by atoms with Crippen LogP contribution in [-0.4, -0.2) is 11.1 Å². The zero-order valence-electron chi connectivity index (χ0n) is 10.4. The number of aromatic carboxylic acids is 1. The first kappa shape index (κ1) is 12.2. The molecule has 0 saturated carbocycles. The average molecular weight is 241 g/mol. The van der Waals surface area contributed by atoms with Gasteiger partial charge in [-0.25, -0.2) is 4.79 Å². The summed E-state index contributed by atoms with van der Waals surface area (Å²) in [7, 11) is 0. The van der Waals surface area contributed by atoms with Crippen LogP contribution in [0.4, 0.5) is 11.4 Å². The van der Waals surface area contributed by atoms with Crippen molar-refractivity contribution in [2.24, 2.45) is 0 Å². The van der Waals surface area contributed by atoms with Gasteiger partial charge in [0.2, 0.25) is 0 Å². The average Bonchev–Trinajstić information content (AvgIpc) is 2.34. The first-order valence-electron chi connectivity index (χ1n) is 5.74. The van der Waals surface area contributed by atoms with Crippen molar-refractivity contribution in [3.63, 3.8) is 0 Å². The number of hydrogen-bond donors (Lipinski definition) is 2. The van der Waals surface area contributed by atoms with Gasteiger partial charge in [-0.2, -0.15) is 0 Å². The highest BCUT2D eigenvalue weighted by molar-refractivity contribution is 5.95. The summed E-state index contributed by atoms with van der Waals surface area (Å²) in [5.74, 6) is -0.921. The molecule has 0 aliphatic carbocycles. The van der Waals surface area contributed by atoms with Crippen LogP contribution >= 0.6 is 0 Å². The molecule has 2 aromatic carbocycles. The Labute approximate surface area is 106 Å². The standard InChI is InChI=1S/C15H15NO2/c1-10-7-8-14(12(9-10)15(17)18)16-13-6-4-3-5-11(13)2/h3-9,16H,1-2H3,(H,17,18). The fourth-order valence-corrected chi connectivity index (χ4v) is 1.80. The van der Waals surface area contributed by atoms with Crippen LogP contribution in [0.15, 0.2) is 42.5 Å². The molecule has 0 atom stereocenters. The number of hydrogen-bond acceptors (Lipinski definition) is 2. The van der Waals surface area contributed by atoms with Gasteiger partial charge in [0.05, 0.1) is 11.3 Å². The van der Waals surface area contributed by atoms with Crippen LogP contribution in [0, 0.1) is 13.8 Å². The monoisotopic (exact) mass is 241 g/mol. The lowest BCUT2D eigenvalue weighted by molar-refractivity contribution is 0.0698. The lowest BCUT2D eigenvalue weighted by atomic mass is 10.1. The van der Waals surface area contributed by atoms with Crippen molar-refractivity contribution in [2.45, 2.75) is 13.8 Å². The van der Waals surface area contributed by atoms with Gasteiger partial charge < -0.3 is 10.4 Å². The van der Waals surface area contributed by atoms with E-state index in [-0.39, 0.29) is 0 Å². The van der Waals surface area contributed by atoms with Gasteiger partial charge in [-0.05, 0) is 37.6 Å². The Bertz CT molecular complexity index is 591. The highest BCUT2D eigenvalue weighted by atomic mass is 16.4. The van der Waals surface area contributed by atoms with Crippen molar-refractivity contribution in [1.82, 2.24) is 0 Å². The Morgan fingerprint density at radius 2 is 1.78 bits per heavy atom. The van der Waals surface area contributed by atoms with Gasteiger partial charge in [0.1, 0.15) is 0 Å². The maximum absolute atomic E-state index is 11.2. The molecular weight excluding hydrogens is 226 g/mol. The normalized spacial score (nSPS) is 10.1. The van der Waals surface area contributed by atoms with E-state index in [4.69, 9.17) is 0 Å². The summed E-state index contributed by atoms with van der Waals surface area (Å²) in [4.78, 5) is 11.2. The molecular formula is C15H15NO2. The smallest absolute Gasteiger partial charge is 0.337 e. The van der Waals surface area contributed by atoms with E-state index in [9.17, 15) is 9.90 Å². The van der Waals surface area contributed by atoms with Crippen molar-refractivity contribution in [3.8, 4) is 0 Å². The van der Waals surface area contributed by atoms with Gasteiger partial charge >= 0.3 is 5.97 Å². The molecule has 92 valence electrons. The molecule has 0 amide bonds. The molecule has 2 N–H and O–H groups in total. The second-order valence-corrected chi connectivity index (χ2v) is 4.29. The largest absolute Gasteiger partial charge is 0.478 e. The molecule has 0 aliphatic rings. The molecule has 0 heterocycles. The number of aryl methyl sites for hydroxylation is 2. The topological polar surface area (TPSA) is 49.3 Å². The predicted molar refractivity (Wildman–Crippen MR) is 72.6 cm³/mol. The second kappa shape index (κ2) is 4.92. The summed E-state index contributed by atoms with van der Waals surface area (Å²) in [5, 5.41) is 12.4. The van der Waals surface area contributed by atoms with Crippen LogP contribution < -0.4 is 5.32 Å². The highest BCUT2D eigenvalue weighted by Gasteiger charge is 2.10. The van der Waals surface area contributed by atoms with E-state index in [0.717, 1.165) is 16.8 Å². The summed E-state index contributed by atoms with van der Waals surface area (Å²) < 4.78 is 0. The Balaban J connectivity index is 2.41. The van der Waals surface area contributed by atoms with Crippen LogP contribution in [0.3, 0.4) is 0 Å². The number of rotatable bonds is 3. The Morgan fingerprint density at radius 1 is 1.06 bits per heavy atom. The van der Waals surface area contributed by atoms with E-state index in [1.165, 1.54) is 0 Å². The van der Waals surface area contributed by atoms with Gasteiger partial charge in [0.25, 0.3) is 0 Å². The first-order valence-corrected chi connectivity index (χ1v) is 5.74. The van der Waals surface area contributed by atoms with Crippen LogP contribution in [-0.2, 0) is 0 Å². The van der Waals surface area contributed by atoms with E-state index in [1.807, 2.05) is 44.2 Å². The maximum Gasteiger partial charge on any atom is 0.337 e. The van der Waals surface area contributed by atoms with Crippen molar-refractivity contribution >= 4 is 17.3 Å². The third-order valence-corrected chi connectivity index (χ3v) is 2.82. The molecule has 0 aromatic heterocycles. The molecule has 0 unspecified atom stereocenters. The van der Waals surface area contributed by atoms with Crippen molar-refractivity contribution in [2.75, 3.05) is 5.32 Å². The van der Waals surface area contributed by atoms with E-state index in [0.29, 0.717) is 11.3 Å². The van der Waals surface area contributed by atoms with Crippen LogP contribution in [0.25, 0.3) is 0 Å². The Kier molecular flexibility index (Phi) is 3.33. The molecule has 2 aromatic rings. The van der Waals surface area contributed by atoms with Crippen LogP contribution in [0.5, 0.6) is 0 Å². The lowest BCUT2D eigenvalue weighted by Crippen LogP contribution is -2.03. The van der Waals surface area contributed by atoms with Crippen LogP contribution in [0.1, 0.15) is 21.5 Å². The number of benzene rings is 2. The molecule has 0 bridgehead atoms.